The van der Waals surface area contributed by atoms with E-state index in [0.717, 1.165) is 111 Å². The number of hydrogen-bond acceptors (Lipinski definition) is 10. The molecule has 0 radical (unpaired) electrons. The molecule has 0 amide bonds. The Hall–Kier alpha value is -4.66. The molecule has 0 spiro atoms. The van der Waals surface area contributed by atoms with Gasteiger partial charge >= 0.3 is 0 Å². The number of aliphatic hydroxyl groups is 2. The quantitative estimate of drug-likeness (QED) is 0.0897. The minimum absolute atomic E-state index is 0.00379. The van der Waals surface area contributed by atoms with E-state index in [-0.39, 0.29) is 12.2 Å². The Balaban J connectivity index is 0.000000157. The molecule has 0 unspecified atom stereocenters. The molecule has 4 aromatic heterocycles. The van der Waals surface area contributed by atoms with E-state index < -0.39 is 11.2 Å². The molecule has 4 fully saturated rings. The molecule has 4 aromatic carbocycles. The van der Waals surface area contributed by atoms with Crippen molar-refractivity contribution < 1.29 is 28.7 Å². The number of halogens is 5. The summed E-state index contributed by atoms with van der Waals surface area (Å²) >= 11 is 28.2. The summed E-state index contributed by atoms with van der Waals surface area (Å²) in [5.74, 6) is 2.49. The summed E-state index contributed by atoms with van der Waals surface area (Å²) in [5.41, 5.74) is 6.66. The van der Waals surface area contributed by atoms with Crippen molar-refractivity contribution in [3.63, 3.8) is 0 Å². The standard InChI is InChI=1S/C29H25Cl2N3O3.C28H25Cl2IN2O3/c1-32-24-11-14-33-25-15-18(7-8-20(24)25)29(35)12-9-19(10-13-29)36-16-21-27(34-37-28(21)17-5-6-17)26-22(30)3-2-4-23(26)31;29-21-2-1-3-22(30)25(21)26-20(27(36-33-26)16-4-5-16)15-35-18-8-11-28(34,12-9-18)17-6-7-19-23(31)10-13-32-24(19)14-17/h2-4,7-8,11,14-15,17,19,35H,5-6,9-10,12-13,16H2;1-3,6-7,10,13-14,16,18,34H,4-5,8-9,11-12,15H2. The molecule has 4 aliphatic carbocycles. The summed E-state index contributed by atoms with van der Waals surface area (Å²) in [7, 11) is 0. The van der Waals surface area contributed by atoms with E-state index in [2.05, 4.69) is 53.8 Å². The van der Waals surface area contributed by atoms with Gasteiger partial charge in [-0.15, -0.1) is 0 Å². The first-order chi connectivity index (χ1) is 35.4. The van der Waals surface area contributed by atoms with Crippen molar-refractivity contribution in [2.75, 3.05) is 0 Å². The zero-order valence-corrected chi connectivity index (χ0v) is 44.8. The van der Waals surface area contributed by atoms with Crippen LogP contribution in [0, 0.1) is 10.1 Å². The third kappa shape index (κ3) is 10.5. The predicted octanol–water partition coefficient (Wildman–Crippen LogP) is 16.0. The summed E-state index contributed by atoms with van der Waals surface area (Å²) in [6.45, 7) is 8.10. The van der Waals surface area contributed by atoms with Crippen LogP contribution in [0.1, 0.15) is 123 Å². The maximum atomic E-state index is 11.5. The minimum atomic E-state index is -0.948. The van der Waals surface area contributed by atoms with Crippen molar-refractivity contribution in [1.82, 2.24) is 20.3 Å². The SMILES string of the molecule is OC1(c2ccc3c(I)ccnc3c2)CCC(OCc2c(-c3c(Cl)cccc3Cl)noc2C2CC2)CC1.[C-]#[N+]c1ccnc2cc(C3(O)CCC(OCc4c(-c5c(Cl)cccc5Cl)noc4C4CC4)CC3)ccc12. The summed E-state index contributed by atoms with van der Waals surface area (Å²) in [6.07, 6.45) is 13.2. The average molecular weight is 1170 g/mol. The second kappa shape index (κ2) is 21.2. The first-order valence-corrected chi connectivity index (χ1v) is 27.3. The van der Waals surface area contributed by atoms with E-state index >= 15 is 0 Å². The van der Waals surface area contributed by atoms with Gasteiger partial charge in [-0.1, -0.05) is 93.1 Å². The van der Waals surface area contributed by atoms with Crippen LogP contribution in [-0.4, -0.2) is 42.7 Å². The Kier molecular flexibility index (Phi) is 14.6. The molecule has 4 saturated carbocycles. The van der Waals surface area contributed by atoms with Gasteiger partial charge in [-0.3, -0.25) is 9.97 Å². The highest BCUT2D eigenvalue weighted by Gasteiger charge is 2.39. The summed E-state index contributed by atoms with van der Waals surface area (Å²) in [5, 5.41) is 35.7. The molecule has 0 bridgehead atoms. The third-order valence-electron chi connectivity index (χ3n) is 15.0. The number of benzene rings is 4. The summed E-state index contributed by atoms with van der Waals surface area (Å²) in [6, 6.07) is 26.4. The summed E-state index contributed by atoms with van der Waals surface area (Å²) < 4.78 is 25.4. The van der Waals surface area contributed by atoms with Crippen LogP contribution in [0.3, 0.4) is 0 Å². The van der Waals surface area contributed by atoms with Crippen molar-refractivity contribution in [3.8, 4) is 22.5 Å². The van der Waals surface area contributed by atoms with Crippen LogP contribution in [0.4, 0.5) is 5.69 Å². The van der Waals surface area contributed by atoms with Gasteiger partial charge in [0.1, 0.15) is 22.9 Å². The van der Waals surface area contributed by atoms with Crippen LogP contribution < -0.4 is 0 Å². The zero-order valence-electron chi connectivity index (χ0n) is 39.6. The Labute approximate surface area is 456 Å². The fourth-order valence-corrected chi connectivity index (χ4v) is 12.2. The number of ether oxygens (including phenoxy) is 2. The van der Waals surface area contributed by atoms with E-state index in [4.69, 9.17) is 71.5 Å². The molecule has 2 N–H and O–H groups in total. The normalized spacial score (nSPS) is 22.0. The van der Waals surface area contributed by atoms with E-state index in [0.29, 0.717) is 99.0 Å². The summed E-state index contributed by atoms with van der Waals surface area (Å²) in [4.78, 5) is 12.5. The lowest BCUT2D eigenvalue weighted by atomic mass is 9.78. The molecule has 8 aromatic rings. The highest BCUT2D eigenvalue weighted by molar-refractivity contribution is 14.1. The van der Waals surface area contributed by atoms with Gasteiger partial charge < -0.3 is 28.7 Å². The smallest absolute Gasteiger partial charge is 0.197 e. The molecule has 16 heteroatoms. The maximum Gasteiger partial charge on any atom is 0.197 e. The number of rotatable bonds is 12. The fourth-order valence-electron chi connectivity index (χ4n) is 10.5. The lowest BCUT2D eigenvalue weighted by molar-refractivity contribution is -0.0641. The van der Waals surface area contributed by atoms with Gasteiger partial charge in [-0.25, -0.2) is 4.85 Å². The Morgan fingerprint density at radius 3 is 1.45 bits per heavy atom. The van der Waals surface area contributed by atoms with Gasteiger partial charge in [-0.2, -0.15) is 0 Å². The van der Waals surface area contributed by atoms with Crippen molar-refractivity contribution in [1.29, 1.82) is 0 Å². The second-order valence-electron chi connectivity index (χ2n) is 19.8. The fraction of sp³-hybridized carbons (Fsp3) is 0.351. The molecule has 12 rings (SSSR count). The highest BCUT2D eigenvalue weighted by atomic mass is 127. The van der Waals surface area contributed by atoms with Crippen LogP contribution in [-0.2, 0) is 33.9 Å². The zero-order chi connectivity index (χ0) is 50.4. The van der Waals surface area contributed by atoms with E-state index in [1.807, 2.05) is 66.9 Å². The number of pyridine rings is 2. The first kappa shape index (κ1) is 50.5. The van der Waals surface area contributed by atoms with Gasteiger partial charge in [0.25, 0.3) is 0 Å². The molecular formula is C57H50Cl4IN5O6. The van der Waals surface area contributed by atoms with Crippen LogP contribution in [0.5, 0.6) is 0 Å². The highest BCUT2D eigenvalue weighted by Crippen LogP contribution is 2.49. The maximum absolute atomic E-state index is 11.5. The molecule has 4 aliphatic rings. The first-order valence-electron chi connectivity index (χ1n) is 24.7. The Morgan fingerprint density at radius 2 is 1.01 bits per heavy atom. The molecule has 374 valence electrons. The average Bonchev–Trinajstić information content (AvgIpc) is 4.35. The van der Waals surface area contributed by atoms with Crippen molar-refractivity contribution in [2.45, 2.75) is 126 Å². The lowest BCUT2D eigenvalue weighted by Gasteiger charge is -2.36. The molecular weight excluding hydrogens is 1120 g/mol. The van der Waals surface area contributed by atoms with Gasteiger partial charge in [0.05, 0.1) is 74.3 Å². The van der Waals surface area contributed by atoms with Gasteiger partial charge in [0.2, 0.25) is 0 Å². The number of nitrogens with zero attached hydrogens (tertiary/aromatic N) is 5. The van der Waals surface area contributed by atoms with Crippen LogP contribution in [0.2, 0.25) is 20.1 Å². The monoisotopic (exact) mass is 1170 g/mol. The molecule has 0 atom stereocenters. The molecule has 0 aliphatic heterocycles. The molecule has 0 saturated heterocycles. The van der Waals surface area contributed by atoms with Crippen molar-refractivity contribution >= 4 is 96.5 Å². The van der Waals surface area contributed by atoms with Crippen LogP contribution in [0.25, 0.3) is 49.2 Å². The number of aromatic nitrogens is 4. The minimum Gasteiger partial charge on any atom is -0.385 e. The largest absolute Gasteiger partial charge is 0.385 e. The molecule has 73 heavy (non-hydrogen) atoms. The van der Waals surface area contributed by atoms with Gasteiger partial charge in [0.15, 0.2) is 5.69 Å². The van der Waals surface area contributed by atoms with Crippen molar-refractivity contribution in [3.05, 3.63) is 166 Å². The van der Waals surface area contributed by atoms with E-state index in [1.165, 1.54) is 0 Å². The lowest BCUT2D eigenvalue weighted by Crippen LogP contribution is -2.34. The molecule has 11 nitrogen and oxygen atoms in total. The second-order valence-corrected chi connectivity index (χ2v) is 22.6. The Morgan fingerprint density at radius 1 is 0.589 bits per heavy atom. The topological polar surface area (TPSA) is 141 Å². The predicted molar refractivity (Wildman–Crippen MR) is 292 cm³/mol. The van der Waals surface area contributed by atoms with Gasteiger partial charge in [-0.05, 0) is 159 Å². The van der Waals surface area contributed by atoms with Crippen LogP contribution >= 0.6 is 69.0 Å². The van der Waals surface area contributed by atoms with E-state index in [1.54, 1.807) is 24.4 Å². The number of fused-ring (bicyclic) bond motifs is 2. The molecule has 4 heterocycles. The Bertz CT molecular complexity index is 3350. The van der Waals surface area contributed by atoms with Crippen LogP contribution in [0.15, 0.2) is 106 Å². The number of hydrogen-bond donors (Lipinski definition) is 2. The van der Waals surface area contributed by atoms with E-state index in [9.17, 15) is 10.2 Å². The third-order valence-corrected chi connectivity index (χ3v) is 17.2. The van der Waals surface area contributed by atoms with Gasteiger partial charge in [0, 0.05) is 60.8 Å². The van der Waals surface area contributed by atoms with Crippen molar-refractivity contribution in [2.24, 2.45) is 0 Å².